The van der Waals surface area contributed by atoms with Crippen molar-refractivity contribution in [2.45, 2.75) is 26.7 Å². The predicted molar refractivity (Wildman–Crippen MR) is 40.8 cm³/mol. The summed E-state index contributed by atoms with van der Waals surface area (Å²) >= 11 is 0. The fourth-order valence-electron chi connectivity index (χ4n) is 1.19. The van der Waals surface area contributed by atoms with E-state index in [1.165, 1.54) is 4.90 Å². The molecule has 1 aliphatic heterocycles. The average Bonchev–Trinajstić information content (AvgIpc) is 2.33. The Labute approximate surface area is 66.4 Å². The van der Waals surface area contributed by atoms with E-state index in [4.69, 9.17) is 0 Å². The Morgan fingerprint density at radius 3 is 2.55 bits per heavy atom. The summed E-state index contributed by atoms with van der Waals surface area (Å²) in [5, 5.41) is 0. The maximum atomic E-state index is 11.3. The highest BCUT2D eigenvalue weighted by Crippen LogP contribution is 2.12. The molecule has 0 saturated carbocycles. The highest BCUT2D eigenvalue weighted by Gasteiger charge is 2.27. The number of hydrogen-bond donors (Lipinski definition) is 0. The fraction of sp³-hybridized carbons (Fsp3) is 0.750. The number of nitrogens with zero attached hydrogens (tertiary/aromatic N) is 1. The largest absolute Gasteiger partial charge is 0.282 e. The number of carbonyl (C=O) groups excluding carboxylic acids is 2. The molecule has 11 heavy (non-hydrogen) atoms. The van der Waals surface area contributed by atoms with Crippen LogP contribution >= 0.6 is 0 Å². The molecule has 1 fully saturated rings. The molecule has 0 N–H and O–H groups in total. The van der Waals surface area contributed by atoms with E-state index in [-0.39, 0.29) is 17.7 Å². The van der Waals surface area contributed by atoms with Crippen LogP contribution in [0.15, 0.2) is 0 Å². The molecule has 3 heteroatoms. The summed E-state index contributed by atoms with van der Waals surface area (Å²) in [4.78, 5) is 23.7. The van der Waals surface area contributed by atoms with Gasteiger partial charge in [-0.1, -0.05) is 13.8 Å². The molecule has 0 spiro atoms. The van der Waals surface area contributed by atoms with Gasteiger partial charge in [0.1, 0.15) is 0 Å². The first-order valence-corrected chi connectivity index (χ1v) is 3.97. The fourth-order valence-corrected chi connectivity index (χ4v) is 1.19. The van der Waals surface area contributed by atoms with Crippen molar-refractivity contribution >= 4 is 11.8 Å². The van der Waals surface area contributed by atoms with Crippen molar-refractivity contribution in [3.8, 4) is 0 Å². The predicted octanol–water partition coefficient (Wildman–Crippen LogP) is 0.791. The van der Waals surface area contributed by atoms with Crippen LogP contribution < -0.4 is 0 Å². The summed E-state index contributed by atoms with van der Waals surface area (Å²) in [6, 6.07) is 0. The van der Waals surface area contributed by atoms with Gasteiger partial charge in [-0.15, -0.1) is 0 Å². The maximum absolute atomic E-state index is 11.3. The monoisotopic (exact) mass is 155 g/mol. The lowest BCUT2D eigenvalue weighted by atomic mass is 10.2. The molecular formula is C8H13NO2. The van der Waals surface area contributed by atoms with Crippen molar-refractivity contribution in [3.63, 3.8) is 0 Å². The molecule has 1 aliphatic rings. The van der Waals surface area contributed by atoms with Gasteiger partial charge in [0.25, 0.3) is 0 Å². The van der Waals surface area contributed by atoms with Crippen LogP contribution in [0.5, 0.6) is 0 Å². The molecule has 0 aliphatic carbocycles. The quantitative estimate of drug-likeness (QED) is 0.561. The SMILES string of the molecule is CC(C)C(=O)N1CCCC1=O. The second-order valence-corrected chi connectivity index (χ2v) is 3.14. The van der Waals surface area contributed by atoms with Gasteiger partial charge in [0.05, 0.1) is 0 Å². The minimum Gasteiger partial charge on any atom is -0.282 e. The zero-order valence-corrected chi connectivity index (χ0v) is 6.96. The topological polar surface area (TPSA) is 37.4 Å². The smallest absolute Gasteiger partial charge is 0.231 e. The van der Waals surface area contributed by atoms with Crippen LogP contribution in [0.1, 0.15) is 26.7 Å². The average molecular weight is 155 g/mol. The van der Waals surface area contributed by atoms with E-state index < -0.39 is 0 Å². The first kappa shape index (κ1) is 8.24. The van der Waals surface area contributed by atoms with Crippen LogP contribution in [0, 0.1) is 5.92 Å². The van der Waals surface area contributed by atoms with Gasteiger partial charge in [0.15, 0.2) is 0 Å². The molecule has 2 amide bonds. The van der Waals surface area contributed by atoms with Gasteiger partial charge in [-0.3, -0.25) is 14.5 Å². The van der Waals surface area contributed by atoms with Crippen LogP contribution in [0.2, 0.25) is 0 Å². The Kier molecular flexibility index (Phi) is 2.27. The Morgan fingerprint density at radius 1 is 1.55 bits per heavy atom. The third kappa shape index (κ3) is 1.59. The lowest BCUT2D eigenvalue weighted by Gasteiger charge is -2.15. The lowest BCUT2D eigenvalue weighted by molar-refractivity contribution is -0.143. The second kappa shape index (κ2) is 3.03. The van der Waals surface area contributed by atoms with Crippen LogP contribution in [-0.2, 0) is 9.59 Å². The van der Waals surface area contributed by atoms with E-state index in [2.05, 4.69) is 0 Å². The lowest BCUT2D eigenvalue weighted by Crippen LogP contribution is -2.34. The Bertz CT molecular complexity index is 187. The van der Waals surface area contributed by atoms with E-state index >= 15 is 0 Å². The summed E-state index contributed by atoms with van der Waals surface area (Å²) in [5.74, 6) is -0.103. The Morgan fingerprint density at radius 2 is 2.18 bits per heavy atom. The van der Waals surface area contributed by atoms with Gasteiger partial charge in [-0.2, -0.15) is 0 Å². The van der Waals surface area contributed by atoms with E-state index in [1.54, 1.807) is 0 Å². The Hall–Kier alpha value is -0.860. The van der Waals surface area contributed by atoms with Gasteiger partial charge in [-0.05, 0) is 6.42 Å². The van der Waals surface area contributed by atoms with Crippen LogP contribution in [0.25, 0.3) is 0 Å². The van der Waals surface area contributed by atoms with Crippen molar-refractivity contribution in [2.75, 3.05) is 6.54 Å². The van der Waals surface area contributed by atoms with Gasteiger partial charge in [0.2, 0.25) is 11.8 Å². The summed E-state index contributed by atoms with van der Waals surface area (Å²) in [6.07, 6.45) is 1.37. The first-order chi connectivity index (χ1) is 5.13. The van der Waals surface area contributed by atoms with Gasteiger partial charge in [-0.25, -0.2) is 0 Å². The normalized spacial score (nSPS) is 18.1. The maximum Gasteiger partial charge on any atom is 0.231 e. The molecule has 0 bridgehead atoms. The highest BCUT2D eigenvalue weighted by molar-refractivity contribution is 5.97. The van der Waals surface area contributed by atoms with E-state index in [0.29, 0.717) is 13.0 Å². The minimum absolute atomic E-state index is 0.0105. The van der Waals surface area contributed by atoms with E-state index in [0.717, 1.165) is 6.42 Å². The molecular weight excluding hydrogens is 142 g/mol. The number of amides is 2. The summed E-state index contributed by atoms with van der Waals surface area (Å²) < 4.78 is 0. The van der Waals surface area contributed by atoms with Crippen molar-refractivity contribution in [2.24, 2.45) is 5.92 Å². The summed E-state index contributed by atoms with van der Waals surface area (Å²) in [6.45, 7) is 4.25. The number of rotatable bonds is 1. The number of likely N-dealkylation sites (tertiary alicyclic amines) is 1. The van der Waals surface area contributed by atoms with Crippen molar-refractivity contribution in [3.05, 3.63) is 0 Å². The van der Waals surface area contributed by atoms with E-state index in [1.807, 2.05) is 13.8 Å². The molecule has 1 heterocycles. The van der Waals surface area contributed by atoms with Crippen molar-refractivity contribution < 1.29 is 9.59 Å². The van der Waals surface area contributed by atoms with Crippen LogP contribution in [-0.4, -0.2) is 23.3 Å². The molecule has 0 aromatic rings. The molecule has 0 aromatic heterocycles. The molecule has 0 atom stereocenters. The molecule has 0 radical (unpaired) electrons. The first-order valence-electron chi connectivity index (χ1n) is 3.97. The second-order valence-electron chi connectivity index (χ2n) is 3.14. The minimum atomic E-state index is -0.0583. The molecule has 3 nitrogen and oxygen atoms in total. The number of imide groups is 1. The summed E-state index contributed by atoms with van der Waals surface area (Å²) in [5.41, 5.74) is 0. The molecule has 62 valence electrons. The number of hydrogen-bond acceptors (Lipinski definition) is 2. The zero-order chi connectivity index (χ0) is 8.43. The van der Waals surface area contributed by atoms with Gasteiger partial charge in [0, 0.05) is 18.9 Å². The highest BCUT2D eigenvalue weighted by atomic mass is 16.2. The Balaban J connectivity index is 2.60. The molecule has 0 aromatic carbocycles. The van der Waals surface area contributed by atoms with Crippen LogP contribution in [0.3, 0.4) is 0 Å². The molecule has 0 unspecified atom stereocenters. The third-order valence-corrected chi connectivity index (χ3v) is 1.83. The van der Waals surface area contributed by atoms with Crippen molar-refractivity contribution in [1.82, 2.24) is 4.90 Å². The number of carbonyl (C=O) groups is 2. The van der Waals surface area contributed by atoms with Gasteiger partial charge >= 0.3 is 0 Å². The van der Waals surface area contributed by atoms with Crippen molar-refractivity contribution in [1.29, 1.82) is 0 Å². The molecule has 1 rings (SSSR count). The standard InChI is InChI=1S/C8H13NO2/c1-6(2)8(11)9-5-3-4-7(9)10/h6H,3-5H2,1-2H3. The third-order valence-electron chi connectivity index (χ3n) is 1.83. The van der Waals surface area contributed by atoms with Crippen LogP contribution in [0.4, 0.5) is 0 Å². The summed E-state index contributed by atoms with van der Waals surface area (Å²) in [7, 11) is 0. The van der Waals surface area contributed by atoms with E-state index in [9.17, 15) is 9.59 Å². The van der Waals surface area contributed by atoms with Gasteiger partial charge < -0.3 is 0 Å². The molecule has 1 saturated heterocycles. The zero-order valence-electron chi connectivity index (χ0n) is 6.96.